The molecule has 2 unspecified atom stereocenters. The molecule has 3 aliphatic heterocycles. The zero-order valence-electron chi connectivity index (χ0n) is 18.0. The van der Waals surface area contributed by atoms with Gasteiger partial charge in [-0.1, -0.05) is 29.8 Å². The maximum Gasteiger partial charge on any atom is 0.295 e. The number of nitrogens with zero attached hydrogens (tertiary/aromatic N) is 3. The smallest absolute Gasteiger partial charge is 0.295 e. The second-order valence-electron chi connectivity index (χ2n) is 8.16. The van der Waals surface area contributed by atoms with Crippen molar-refractivity contribution < 1.29 is 9.53 Å². The van der Waals surface area contributed by atoms with Crippen molar-refractivity contribution in [3.8, 4) is 0 Å². The van der Waals surface area contributed by atoms with Crippen LogP contribution in [0.15, 0.2) is 60.1 Å². The zero-order valence-corrected chi connectivity index (χ0v) is 18.7. The quantitative estimate of drug-likeness (QED) is 0.743. The Kier molecular flexibility index (Phi) is 7.20. The van der Waals surface area contributed by atoms with E-state index in [1.165, 1.54) is 0 Å². The van der Waals surface area contributed by atoms with E-state index in [2.05, 4.69) is 22.5 Å². The number of rotatable bonds is 5. The molecule has 0 aromatic heterocycles. The molecule has 0 spiro atoms. The van der Waals surface area contributed by atoms with Gasteiger partial charge >= 0.3 is 0 Å². The van der Waals surface area contributed by atoms with Crippen LogP contribution < -0.4 is 10.2 Å². The molecule has 0 bridgehead atoms. The number of ether oxygens (including phenoxy) is 1. The van der Waals surface area contributed by atoms with E-state index in [0.717, 1.165) is 56.8 Å². The Morgan fingerprint density at radius 3 is 2.84 bits per heavy atom. The van der Waals surface area contributed by atoms with Crippen LogP contribution in [0.2, 0.25) is 5.02 Å². The Hall–Kier alpha value is -2.44. The lowest BCUT2D eigenvalue weighted by atomic mass is 10.0. The fraction of sp³-hybridized carbons (Fsp3) is 0.458. The van der Waals surface area contributed by atoms with Crippen molar-refractivity contribution in [3.63, 3.8) is 0 Å². The van der Waals surface area contributed by atoms with Crippen LogP contribution in [0.4, 0.5) is 5.69 Å². The molecule has 4 rings (SSSR count). The number of dihydropyridines is 1. The number of allylic oxidation sites excluding steroid dienone is 3. The van der Waals surface area contributed by atoms with E-state index >= 15 is 0 Å². The van der Waals surface area contributed by atoms with Crippen LogP contribution in [0.5, 0.6) is 0 Å². The van der Waals surface area contributed by atoms with E-state index < -0.39 is 0 Å². The van der Waals surface area contributed by atoms with Crippen LogP contribution in [0.1, 0.15) is 26.2 Å². The lowest BCUT2D eigenvalue weighted by Gasteiger charge is -2.41. The Labute approximate surface area is 189 Å². The molecule has 1 aromatic rings. The molecule has 166 valence electrons. The predicted octanol–water partition coefficient (Wildman–Crippen LogP) is 4.20. The molecule has 31 heavy (non-hydrogen) atoms. The summed E-state index contributed by atoms with van der Waals surface area (Å²) in [6, 6.07) is 7.59. The summed E-state index contributed by atoms with van der Waals surface area (Å²) < 4.78 is 6.30. The number of piperazine rings is 1. The molecular formula is C24H30ClN4O2-. The highest BCUT2D eigenvalue weighted by molar-refractivity contribution is 6.31. The summed E-state index contributed by atoms with van der Waals surface area (Å²) in [5.74, 6) is 0.362. The number of nitrogens with one attached hydrogen (secondary N) is 1. The first-order chi connectivity index (χ1) is 15.1. The fourth-order valence-corrected chi connectivity index (χ4v) is 4.51. The highest BCUT2D eigenvalue weighted by atomic mass is 35.5. The first-order valence-corrected chi connectivity index (χ1v) is 11.4. The van der Waals surface area contributed by atoms with Crippen molar-refractivity contribution in [3.05, 3.63) is 70.5 Å². The molecule has 1 N–H and O–H groups in total. The van der Waals surface area contributed by atoms with Gasteiger partial charge in [0.1, 0.15) is 6.61 Å². The van der Waals surface area contributed by atoms with Gasteiger partial charge in [0.25, 0.3) is 5.91 Å². The number of benzene rings is 1. The third kappa shape index (κ3) is 5.25. The summed E-state index contributed by atoms with van der Waals surface area (Å²) >= 11 is 6.26. The lowest BCUT2D eigenvalue weighted by molar-refractivity contribution is -0.119. The van der Waals surface area contributed by atoms with Crippen molar-refractivity contribution in [1.82, 2.24) is 10.2 Å². The van der Waals surface area contributed by atoms with Gasteiger partial charge in [-0.3, -0.25) is 4.79 Å². The van der Waals surface area contributed by atoms with E-state index in [1.54, 1.807) is 0 Å². The van der Waals surface area contributed by atoms with E-state index in [0.29, 0.717) is 17.4 Å². The number of carbonyl (C=O) groups excluding carboxylic acids is 1. The minimum absolute atomic E-state index is 0.0328. The minimum Gasteiger partial charge on any atom is -0.659 e. The van der Waals surface area contributed by atoms with Crippen molar-refractivity contribution in [2.75, 3.05) is 37.7 Å². The maximum absolute atomic E-state index is 13.9. The van der Waals surface area contributed by atoms with E-state index in [4.69, 9.17) is 16.3 Å². The van der Waals surface area contributed by atoms with Gasteiger partial charge in [0.2, 0.25) is 5.76 Å². The molecule has 3 heterocycles. The average molecular weight is 442 g/mol. The Morgan fingerprint density at radius 2 is 2.10 bits per heavy atom. The number of hydrogen-bond donors (Lipinski definition) is 1. The highest BCUT2D eigenvalue weighted by Crippen LogP contribution is 2.31. The fourth-order valence-electron chi connectivity index (χ4n) is 4.33. The number of amides is 1. The Morgan fingerprint density at radius 1 is 1.26 bits per heavy atom. The second-order valence-corrected chi connectivity index (χ2v) is 8.59. The molecule has 3 aliphatic rings. The molecule has 0 radical (unpaired) electrons. The van der Waals surface area contributed by atoms with E-state index in [1.807, 2.05) is 53.6 Å². The van der Waals surface area contributed by atoms with Crippen molar-refractivity contribution in [2.24, 2.45) is 0 Å². The number of carbonyl (C=O) groups is 1. The molecule has 2 atom stereocenters. The van der Waals surface area contributed by atoms with Gasteiger partial charge in [0.05, 0.1) is 11.7 Å². The molecule has 1 fully saturated rings. The third-order valence-electron chi connectivity index (χ3n) is 5.94. The van der Waals surface area contributed by atoms with Crippen LogP contribution in [0.25, 0.3) is 5.32 Å². The number of halogens is 1. The van der Waals surface area contributed by atoms with Gasteiger partial charge < -0.3 is 25.2 Å². The molecule has 1 amide bonds. The van der Waals surface area contributed by atoms with Crippen LogP contribution in [0, 0.1) is 0 Å². The third-order valence-corrected chi connectivity index (χ3v) is 6.18. The molecule has 1 saturated heterocycles. The Bertz CT molecular complexity index is 876. The molecule has 0 aliphatic carbocycles. The van der Waals surface area contributed by atoms with E-state index in [-0.39, 0.29) is 18.0 Å². The van der Waals surface area contributed by atoms with Gasteiger partial charge in [-0.05, 0) is 69.8 Å². The van der Waals surface area contributed by atoms with Crippen molar-refractivity contribution >= 4 is 23.2 Å². The van der Waals surface area contributed by atoms with Crippen molar-refractivity contribution in [2.45, 2.75) is 38.3 Å². The summed E-state index contributed by atoms with van der Waals surface area (Å²) in [7, 11) is 0. The predicted molar refractivity (Wildman–Crippen MR) is 125 cm³/mol. The van der Waals surface area contributed by atoms with Crippen LogP contribution in [-0.2, 0) is 9.53 Å². The molecule has 7 heteroatoms. The Balaban J connectivity index is 1.68. The highest BCUT2D eigenvalue weighted by Gasteiger charge is 2.32. The van der Waals surface area contributed by atoms with Gasteiger partial charge in [0, 0.05) is 16.8 Å². The normalized spacial score (nSPS) is 24.6. The van der Waals surface area contributed by atoms with Crippen LogP contribution in [-0.4, -0.2) is 55.7 Å². The van der Waals surface area contributed by atoms with Gasteiger partial charge in [0.15, 0.2) is 0 Å². The van der Waals surface area contributed by atoms with Gasteiger partial charge in [-0.25, -0.2) is 0 Å². The van der Waals surface area contributed by atoms with Crippen LogP contribution in [0.3, 0.4) is 0 Å². The van der Waals surface area contributed by atoms with Gasteiger partial charge in [-0.2, -0.15) is 0 Å². The average Bonchev–Trinajstić information content (AvgIpc) is 2.78. The molecular weight excluding hydrogens is 412 g/mol. The molecule has 1 aromatic carbocycles. The zero-order chi connectivity index (χ0) is 21.6. The first-order valence-electron chi connectivity index (χ1n) is 11.1. The standard InChI is InChI=1S/C24H30ClN4O2/c1-18-6-4-10-22(28-14-12-26-13-15-28)23(31-17-20-8-2-3-11-27-20)24(30)29(18)21-9-5-7-19(25)16-21/h2-3,5,7-9,11,16,18,20,27H,4,6,10,12-15,17H2,1H3/q-1. The monoisotopic (exact) mass is 441 g/mol. The molecule has 0 saturated carbocycles. The van der Waals surface area contributed by atoms with Crippen LogP contribution >= 0.6 is 11.6 Å². The largest absolute Gasteiger partial charge is 0.659 e. The van der Waals surface area contributed by atoms with Crippen molar-refractivity contribution in [1.29, 1.82) is 0 Å². The summed E-state index contributed by atoms with van der Waals surface area (Å²) in [6.45, 7) is 5.71. The number of anilines is 1. The topological polar surface area (TPSA) is 58.9 Å². The van der Waals surface area contributed by atoms with Gasteiger partial charge in [-0.15, -0.1) is 13.1 Å². The maximum atomic E-state index is 13.9. The number of hydrogen-bond acceptors (Lipinski definition) is 4. The summed E-state index contributed by atoms with van der Waals surface area (Å²) in [5, 5.41) is 8.36. The van der Waals surface area contributed by atoms with E-state index in [9.17, 15) is 4.79 Å². The summed E-state index contributed by atoms with van der Waals surface area (Å²) in [6.07, 6.45) is 10.6. The minimum atomic E-state index is -0.0951. The summed E-state index contributed by atoms with van der Waals surface area (Å²) in [4.78, 5) is 18.1. The SMILES string of the molecule is CC1CCCC(N2CC[N-]CC2)=C(OCC2C=CC=CN2)C(=O)N1c1cccc(Cl)c1. The second kappa shape index (κ2) is 10.2. The first kappa shape index (κ1) is 21.8. The molecule has 6 nitrogen and oxygen atoms in total. The summed E-state index contributed by atoms with van der Waals surface area (Å²) in [5.41, 5.74) is 1.81. The lowest BCUT2D eigenvalue weighted by Crippen LogP contribution is -2.44.